The van der Waals surface area contributed by atoms with Gasteiger partial charge in [-0.25, -0.2) is 4.79 Å². The molecule has 0 spiro atoms. The summed E-state index contributed by atoms with van der Waals surface area (Å²) in [6.07, 6.45) is 0.455. The lowest BCUT2D eigenvalue weighted by Gasteiger charge is -2.14. The van der Waals surface area contributed by atoms with Crippen LogP contribution in [0.25, 0.3) is 0 Å². The summed E-state index contributed by atoms with van der Waals surface area (Å²) in [6.45, 7) is 3.16. The number of nitrogens with one attached hydrogen (secondary N) is 2. The number of urea groups is 1. The lowest BCUT2D eigenvalue weighted by molar-refractivity contribution is -0.115. The van der Waals surface area contributed by atoms with Crippen LogP contribution in [0.15, 0.2) is 24.3 Å². The van der Waals surface area contributed by atoms with Crippen molar-refractivity contribution in [1.82, 2.24) is 5.32 Å². The molecule has 0 aliphatic carbocycles. The van der Waals surface area contributed by atoms with E-state index in [2.05, 4.69) is 10.6 Å². The maximum Gasteiger partial charge on any atom is 0.321 e. The van der Waals surface area contributed by atoms with Gasteiger partial charge in [0.1, 0.15) is 0 Å². The van der Waals surface area contributed by atoms with Crippen LogP contribution in [-0.4, -0.2) is 25.0 Å². The summed E-state index contributed by atoms with van der Waals surface area (Å²) in [6, 6.07) is 7.19. The fourth-order valence-electron chi connectivity index (χ4n) is 1.69. The number of carbonyl (C=O) groups is 2. The standard InChI is InChI=1S/C12H15N3O2/c1-2-11(16)14-9-3-5-10(6-4-9)15-8-7-13-12(15)17/h3-6H,2,7-8H2,1H3,(H,13,17)(H,14,16). The van der Waals surface area contributed by atoms with E-state index >= 15 is 0 Å². The van der Waals surface area contributed by atoms with E-state index in [9.17, 15) is 9.59 Å². The predicted molar refractivity (Wildman–Crippen MR) is 66.1 cm³/mol. The smallest absolute Gasteiger partial charge is 0.321 e. The van der Waals surface area contributed by atoms with Gasteiger partial charge in [0.2, 0.25) is 5.91 Å². The quantitative estimate of drug-likeness (QED) is 0.832. The largest absolute Gasteiger partial charge is 0.336 e. The Bertz CT molecular complexity index is 428. The van der Waals surface area contributed by atoms with E-state index < -0.39 is 0 Å². The van der Waals surface area contributed by atoms with Crippen molar-refractivity contribution < 1.29 is 9.59 Å². The zero-order valence-corrected chi connectivity index (χ0v) is 9.69. The Hall–Kier alpha value is -2.04. The second-order valence-corrected chi connectivity index (χ2v) is 3.83. The van der Waals surface area contributed by atoms with E-state index in [-0.39, 0.29) is 11.9 Å². The fraction of sp³-hybridized carbons (Fsp3) is 0.333. The summed E-state index contributed by atoms with van der Waals surface area (Å²) in [7, 11) is 0. The maximum atomic E-state index is 11.4. The van der Waals surface area contributed by atoms with Crippen molar-refractivity contribution in [1.29, 1.82) is 0 Å². The number of amides is 3. The van der Waals surface area contributed by atoms with Crippen LogP contribution in [0.2, 0.25) is 0 Å². The SMILES string of the molecule is CCC(=O)Nc1ccc(N2CCNC2=O)cc1. The number of carbonyl (C=O) groups excluding carboxylic acids is 2. The molecule has 5 nitrogen and oxygen atoms in total. The Labute approximate surface area is 99.8 Å². The average Bonchev–Trinajstić information content (AvgIpc) is 2.76. The van der Waals surface area contributed by atoms with Gasteiger partial charge in [-0.2, -0.15) is 0 Å². The molecule has 90 valence electrons. The number of hydrogen-bond acceptors (Lipinski definition) is 2. The minimum absolute atomic E-state index is 0.0170. The van der Waals surface area contributed by atoms with Crippen LogP contribution in [0.4, 0.5) is 16.2 Å². The van der Waals surface area contributed by atoms with Crippen molar-refractivity contribution in [3.63, 3.8) is 0 Å². The van der Waals surface area contributed by atoms with Gasteiger partial charge in [0.05, 0.1) is 0 Å². The first kappa shape index (κ1) is 11.4. The molecule has 1 aromatic rings. The molecule has 1 saturated heterocycles. The van der Waals surface area contributed by atoms with Gasteiger partial charge in [-0.15, -0.1) is 0 Å². The third-order valence-corrected chi connectivity index (χ3v) is 2.64. The van der Waals surface area contributed by atoms with E-state index in [0.29, 0.717) is 19.5 Å². The van der Waals surface area contributed by atoms with E-state index in [0.717, 1.165) is 11.4 Å². The molecule has 1 aliphatic rings. The van der Waals surface area contributed by atoms with Gasteiger partial charge >= 0.3 is 6.03 Å². The summed E-state index contributed by atoms with van der Waals surface area (Å²) >= 11 is 0. The highest BCUT2D eigenvalue weighted by atomic mass is 16.2. The molecule has 0 radical (unpaired) electrons. The topological polar surface area (TPSA) is 61.4 Å². The van der Waals surface area contributed by atoms with Crippen LogP contribution in [-0.2, 0) is 4.79 Å². The molecule has 0 bridgehead atoms. The predicted octanol–water partition coefficient (Wildman–Crippen LogP) is 1.56. The molecule has 2 rings (SSSR count). The second-order valence-electron chi connectivity index (χ2n) is 3.83. The highest BCUT2D eigenvalue weighted by Gasteiger charge is 2.20. The Morgan fingerprint density at radius 1 is 1.41 bits per heavy atom. The molecule has 0 unspecified atom stereocenters. The summed E-state index contributed by atoms with van der Waals surface area (Å²) < 4.78 is 0. The van der Waals surface area contributed by atoms with Crippen LogP contribution >= 0.6 is 0 Å². The first-order chi connectivity index (χ1) is 8.20. The van der Waals surface area contributed by atoms with Crippen molar-refractivity contribution in [2.24, 2.45) is 0 Å². The van der Waals surface area contributed by atoms with Crippen molar-refractivity contribution in [2.45, 2.75) is 13.3 Å². The zero-order valence-electron chi connectivity index (χ0n) is 9.69. The number of nitrogens with zero attached hydrogens (tertiary/aromatic N) is 1. The minimum atomic E-state index is -0.0738. The Kier molecular flexibility index (Phi) is 3.27. The molecule has 0 saturated carbocycles. The van der Waals surface area contributed by atoms with Gasteiger partial charge in [-0.3, -0.25) is 9.69 Å². The van der Waals surface area contributed by atoms with Crippen molar-refractivity contribution >= 4 is 23.3 Å². The van der Waals surface area contributed by atoms with Crippen molar-refractivity contribution in [3.8, 4) is 0 Å². The highest BCUT2D eigenvalue weighted by Crippen LogP contribution is 2.19. The summed E-state index contributed by atoms with van der Waals surface area (Å²) in [5, 5.41) is 5.50. The molecule has 1 aromatic carbocycles. The molecule has 5 heteroatoms. The zero-order chi connectivity index (χ0) is 12.3. The average molecular weight is 233 g/mol. The molecule has 0 atom stereocenters. The Morgan fingerprint density at radius 2 is 2.12 bits per heavy atom. The number of anilines is 2. The third kappa shape index (κ3) is 2.55. The second kappa shape index (κ2) is 4.86. The van der Waals surface area contributed by atoms with Crippen molar-refractivity contribution in [2.75, 3.05) is 23.3 Å². The van der Waals surface area contributed by atoms with Crippen LogP contribution in [0.3, 0.4) is 0 Å². The number of hydrogen-bond donors (Lipinski definition) is 2. The monoisotopic (exact) mass is 233 g/mol. The molecule has 17 heavy (non-hydrogen) atoms. The Morgan fingerprint density at radius 3 is 2.65 bits per heavy atom. The molecule has 2 N–H and O–H groups in total. The summed E-state index contributed by atoms with van der Waals surface area (Å²) in [4.78, 5) is 24.3. The maximum absolute atomic E-state index is 11.4. The van der Waals surface area contributed by atoms with Gasteiger partial charge in [0, 0.05) is 30.9 Å². The van der Waals surface area contributed by atoms with E-state index in [4.69, 9.17) is 0 Å². The van der Waals surface area contributed by atoms with Crippen LogP contribution in [0, 0.1) is 0 Å². The van der Waals surface area contributed by atoms with Gasteiger partial charge in [-0.1, -0.05) is 6.92 Å². The summed E-state index contributed by atoms with van der Waals surface area (Å²) in [5.41, 5.74) is 1.59. The van der Waals surface area contributed by atoms with Crippen LogP contribution in [0.5, 0.6) is 0 Å². The molecule has 3 amide bonds. The van der Waals surface area contributed by atoms with Crippen LogP contribution < -0.4 is 15.5 Å². The minimum Gasteiger partial charge on any atom is -0.336 e. The molecule has 1 aliphatic heterocycles. The normalized spacial score (nSPS) is 14.6. The number of rotatable bonds is 3. The molecule has 1 heterocycles. The lowest BCUT2D eigenvalue weighted by Crippen LogP contribution is -2.27. The third-order valence-electron chi connectivity index (χ3n) is 2.64. The first-order valence-corrected chi connectivity index (χ1v) is 5.66. The van der Waals surface area contributed by atoms with Gasteiger partial charge < -0.3 is 10.6 Å². The molecular weight excluding hydrogens is 218 g/mol. The van der Waals surface area contributed by atoms with Crippen LogP contribution in [0.1, 0.15) is 13.3 Å². The van der Waals surface area contributed by atoms with Gasteiger partial charge in [0.25, 0.3) is 0 Å². The molecule has 1 fully saturated rings. The van der Waals surface area contributed by atoms with Gasteiger partial charge in [-0.05, 0) is 24.3 Å². The molecular formula is C12H15N3O2. The number of benzene rings is 1. The summed E-state index contributed by atoms with van der Waals surface area (Å²) in [5.74, 6) is -0.0170. The van der Waals surface area contributed by atoms with E-state index in [1.807, 2.05) is 12.1 Å². The van der Waals surface area contributed by atoms with Crippen molar-refractivity contribution in [3.05, 3.63) is 24.3 Å². The van der Waals surface area contributed by atoms with E-state index in [1.54, 1.807) is 24.0 Å². The fourth-order valence-corrected chi connectivity index (χ4v) is 1.69. The highest BCUT2D eigenvalue weighted by molar-refractivity contribution is 5.95. The first-order valence-electron chi connectivity index (χ1n) is 5.66. The van der Waals surface area contributed by atoms with E-state index in [1.165, 1.54) is 0 Å². The van der Waals surface area contributed by atoms with Gasteiger partial charge in [0.15, 0.2) is 0 Å². The lowest BCUT2D eigenvalue weighted by atomic mass is 10.2. The Balaban J connectivity index is 2.07. The molecule has 0 aromatic heterocycles.